The van der Waals surface area contributed by atoms with Crippen molar-refractivity contribution in [3.8, 4) is 0 Å². The van der Waals surface area contributed by atoms with Gasteiger partial charge < -0.3 is 11.1 Å². The van der Waals surface area contributed by atoms with Crippen LogP contribution in [0, 0.1) is 13.8 Å². The number of anilines is 2. The van der Waals surface area contributed by atoms with Crippen molar-refractivity contribution in [3.05, 3.63) is 59.2 Å². The SMILES string of the molecule is CCC(C(=O)Nc1c(C)cc(N)cc1C)c1ccccc1. The second-order valence-electron chi connectivity index (χ2n) is 5.39. The van der Waals surface area contributed by atoms with Gasteiger partial charge in [0.05, 0.1) is 5.92 Å². The highest BCUT2D eigenvalue weighted by atomic mass is 16.1. The molecule has 3 heteroatoms. The standard InChI is InChI=1S/C18H22N2O/c1-4-16(14-8-6-5-7-9-14)18(21)20-17-12(2)10-15(19)11-13(17)3/h5-11,16H,4,19H2,1-3H3,(H,20,21). The van der Waals surface area contributed by atoms with Gasteiger partial charge in [0.1, 0.15) is 0 Å². The lowest BCUT2D eigenvalue weighted by atomic mass is 9.95. The van der Waals surface area contributed by atoms with Crippen LogP contribution in [0.4, 0.5) is 11.4 Å². The van der Waals surface area contributed by atoms with E-state index in [-0.39, 0.29) is 11.8 Å². The van der Waals surface area contributed by atoms with Crippen molar-refractivity contribution in [1.29, 1.82) is 0 Å². The van der Waals surface area contributed by atoms with Crippen LogP contribution in [-0.4, -0.2) is 5.91 Å². The number of hydrogen-bond acceptors (Lipinski definition) is 2. The number of nitrogen functional groups attached to an aromatic ring is 1. The smallest absolute Gasteiger partial charge is 0.231 e. The molecule has 0 aromatic heterocycles. The van der Waals surface area contributed by atoms with E-state index in [0.717, 1.165) is 34.5 Å². The third-order valence-corrected chi connectivity index (χ3v) is 3.73. The van der Waals surface area contributed by atoms with Gasteiger partial charge in [0.2, 0.25) is 5.91 Å². The maximum atomic E-state index is 12.6. The van der Waals surface area contributed by atoms with Gasteiger partial charge in [-0.3, -0.25) is 4.79 Å². The Hall–Kier alpha value is -2.29. The van der Waals surface area contributed by atoms with Crippen LogP contribution in [0.2, 0.25) is 0 Å². The van der Waals surface area contributed by atoms with E-state index >= 15 is 0 Å². The number of amides is 1. The molecule has 1 unspecified atom stereocenters. The van der Waals surface area contributed by atoms with E-state index in [1.807, 2.05) is 63.2 Å². The van der Waals surface area contributed by atoms with Crippen molar-refractivity contribution < 1.29 is 4.79 Å². The zero-order chi connectivity index (χ0) is 15.4. The van der Waals surface area contributed by atoms with Crippen LogP contribution in [0.3, 0.4) is 0 Å². The Morgan fingerprint density at radius 1 is 1.14 bits per heavy atom. The summed E-state index contributed by atoms with van der Waals surface area (Å²) in [5, 5.41) is 3.06. The second-order valence-corrected chi connectivity index (χ2v) is 5.39. The van der Waals surface area contributed by atoms with Crippen molar-refractivity contribution in [3.63, 3.8) is 0 Å². The molecular formula is C18H22N2O. The molecule has 3 N–H and O–H groups in total. The molecule has 110 valence electrons. The topological polar surface area (TPSA) is 55.1 Å². The minimum atomic E-state index is -0.137. The average Bonchev–Trinajstić information content (AvgIpc) is 2.45. The zero-order valence-corrected chi connectivity index (χ0v) is 12.8. The van der Waals surface area contributed by atoms with Crippen molar-refractivity contribution in [2.24, 2.45) is 0 Å². The third kappa shape index (κ3) is 3.43. The fraction of sp³-hybridized carbons (Fsp3) is 0.278. The second kappa shape index (κ2) is 6.44. The van der Waals surface area contributed by atoms with E-state index in [1.54, 1.807) is 0 Å². The van der Waals surface area contributed by atoms with E-state index in [2.05, 4.69) is 5.32 Å². The first-order valence-corrected chi connectivity index (χ1v) is 7.25. The first-order chi connectivity index (χ1) is 10.0. The number of nitrogens with one attached hydrogen (secondary N) is 1. The highest BCUT2D eigenvalue weighted by molar-refractivity contribution is 5.97. The number of carbonyl (C=O) groups excluding carboxylic acids is 1. The van der Waals surface area contributed by atoms with Crippen LogP contribution in [0.5, 0.6) is 0 Å². The summed E-state index contributed by atoms with van der Waals surface area (Å²) >= 11 is 0. The Labute approximate surface area is 126 Å². The molecule has 0 saturated carbocycles. The van der Waals surface area contributed by atoms with E-state index in [4.69, 9.17) is 5.73 Å². The molecule has 0 aliphatic rings. The van der Waals surface area contributed by atoms with Gasteiger partial charge in [0.25, 0.3) is 0 Å². The minimum absolute atomic E-state index is 0.0275. The van der Waals surface area contributed by atoms with E-state index in [9.17, 15) is 4.79 Å². The Kier molecular flexibility index (Phi) is 4.63. The molecule has 21 heavy (non-hydrogen) atoms. The number of carbonyl (C=O) groups is 1. The summed E-state index contributed by atoms with van der Waals surface area (Å²) in [6.45, 7) is 5.95. The fourth-order valence-electron chi connectivity index (χ4n) is 2.66. The summed E-state index contributed by atoms with van der Waals surface area (Å²) in [4.78, 5) is 12.6. The molecule has 0 radical (unpaired) electrons. The lowest BCUT2D eigenvalue weighted by Crippen LogP contribution is -2.21. The summed E-state index contributed by atoms with van der Waals surface area (Å²) < 4.78 is 0. The number of hydrogen-bond donors (Lipinski definition) is 2. The van der Waals surface area contributed by atoms with Crippen molar-refractivity contribution in [2.75, 3.05) is 11.1 Å². The Balaban J connectivity index is 2.25. The lowest BCUT2D eigenvalue weighted by molar-refractivity contribution is -0.117. The summed E-state index contributed by atoms with van der Waals surface area (Å²) in [5.41, 5.74) is 10.4. The fourth-order valence-corrected chi connectivity index (χ4v) is 2.66. The molecule has 0 saturated heterocycles. The third-order valence-electron chi connectivity index (χ3n) is 3.73. The van der Waals surface area contributed by atoms with Gasteiger partial charge in [0, 0.05) is 11.4 Å². The van der Waals surface area contributed by atoms with Crippen LogP contribution in [0.15, 0.2) is 42.5 Å². The predicted molar refractivity (Wildman–Crippen MR) is 88.4 cm³/mol. The van der Waals surface area contributed by atoms with Crippen LogP contribution >= 0.6 is 0 Å². The number of aryl methyl sites for hydroxylation is 2. The van der Waals surface area contributed by atoms with Crippen LogP contribution in [0.25, 0.3) is 0 Å². The highest BCUT2D eigenvalue weighted by Gasteiger charge is 2.19. The largest absolute Gasteiger partial charge is 0.399 e. The van der Waals surface area contributed by atoms with Crippen LogP contribution in [0.1, 0.15) is 36.0 Å². The van der Waals surface area contributed by atoms with Gasteiger partial charge in [-0.15, -0.1) is 0 Å². The molecule has 1 atom stereocenters. The van der Waals surface area contributed by atoms with Gasteiger partial charge in [-0.25, -0.2) is 0 Å². The lowest BCUT2D eigenvalue weighted by Gasteiger charge is -2.18. The molecule has 3 nitrogen and oxygen atoms in total. The molecule has 0 aliphatic carbocycles. The molecule has 0 spiro atoms. The van der Waals surface area contributed by atoms with Gasteiger partial charge in [-0.05, 0) is 49.1 Å². The molecule has 2 rings (SSSR count). The van der Waals surface area contributed by atoms with Crippen LogP contribution < -0.4 is 11.1 Å². The Morgan fingerprint density at radius 2 is 1.71 bits per heavy atom. The van der Waals surface area contributed by atoms with Gasteiger partial charge >= 0.3 is 0 Å². The quantitative estimate of drug-likeness (QED) is 0.832. The molecule has 0 bridgehead atoms. The molecular weight excluding hydrogens is 260 g/mol. The summed E-state index contributed by atoms with van der Waals surface area (Å²) in [7, 11) is 0. The Morgan fingerprint density at radius 3 is 2.24 bits per heavy atom. The minimum Gasteiger partial charge on any atom is -0.399 e. The number of rotatable bonds is 4. The van der Waals surface area contributed by atoms with Crippen molar-refractivity contribution in [1.82, 2.24) is 0 Å². The molecule has 1 amide bonds. The molecule has 2 aromatic rings. The molecule has 0 fully saturated rings. The van der Waals surface area contributed by atoms with Crippen molar-refractivity contribution >= 4 is 17.3 Å². The van der Waals surface area contributed by atoms with Gasteiger partial charge in [0.15, 0.2) is 0 Å². The van der Waals surface area contributed by atoms with E-state index < -0.39 is 0 Å². The van der Waals surface area contributed by atoms with Gasteiger partial charge in [-0.2, -0.15) is 0 Å². The zero-order valence-electron chi connectivity index (χ0n) is 12.8. The normalized spacial score (nSPS) is 12.0. The van der Waals surface area contributed by atoms with Crippen molar-refractivity contribution in [2.45, 2.75) is 33.1 Å². The maximum absolute atomic E-state index is 12.6. The van der Waals surface area contributed by atoms with Crippen LogP contribution in [-0.2, 0) is 4.79 Å². The van der Waals surface area contributed by atoms with Gasteiger partial charge in [-0.1, -0.05) is 37.3 Å². The molecule has 0 aliphatic heterocycles. The van der Waals surface area contributed by atoms with E-state index in [0.29, 0.717) is 0 Å². The predicted octanol–water partition coefficient (Wildman–Crippen LogP) is 4.02. The maximum Gasteiger partial charge on any atom is 0.231 e. The summed E-state index contributed by atoms with van der Waals surface area (Å²) in [6.07, 6.45) is 0.767. The monoisotopic (exact) mass is 282 g/mol. The molecule has 2 aromatic carbocycles. The average molecular weight is 282 g/mol. The highest BCUT2D eigenvalue weighted by Crippen LogP contribution is 2.26. The summed E-state index contributed by atoms with van der Waals surface area (Å²) in [6, 6.07) is 13.6. The number of nitrogens with two attached hydrogens (primary N) is 1. The number of benzene rings is 2. The Bertz CT molecular complexity index is 612. The van der Waals surface area contributed by atoms with E-state index in [1.165, 1.54) is 0 Å². The first kappa shape index (κ1) is 15.1. The summed E-state index contributed by atoms with van der Waals surface area (Å²) in [5.74, 6) is -0.109. The first-order valence-electron chi connectivity index (χ1n) is 7.25. The molecule has 0 heterocycles.